The van der Waals surface area contributed by atoms with Crippen molar-refractivity contribution >= 4 is 44.0 Å². The molecule has 13 heavy (non-hydrogen) atoms. The number of rotatable bonds is 2. The van der Waals surface area contributed by atoms with Gasteiger partial charge in [0, 0.05) is 14.1 Å². The summed E-state index contributed by atoms with van der Waals surface area (Å²) >= 11 is 6.48. The predicted molar refractivity (Wildman–Crippen MR) is 59.3 cm³/mol. The van der Waals surface area contributed by atoms with Crippen LogP contribution in [0.4, 0.5) is 5.82 Å². The van der Waals surface area contributed by atoms with E-state index >= 15 is 0 Å². The Kier molecular flexibility index (Phi) is 3.80. The van der Waals surface area contributed by atoms with E-state index in [9.17, 15) is 0 Å². The maximum Gasteiger partial charge on any atom is 0.188 e. The van der Waals surface area contributed by atoms with E-state index in [-0.39, 0.29) is 0 Å². The Bertz CT molecular complexity index is 324. The molecule has 0 aliphatic rings. The highest BCUT2D eigenvalue weighted by molar-refractivity contribution is 9.11. The Morgan fingerprint density at radius 3 is 2.77 bits per heavy atom. The summed E-state index contributed by atoms with van der Waals surface area (Å²) < 4.78 is 1.30. The van der Waals surface area contributed by atoms with E-state index in [0.717, 1.165) is 0 Å². The summed E-state index contributed by atoms with van der Waals surface area (Å²) in [5.74, 6) is 0.558. The monoisotopic (exact) mass is 306 g/mol. The number of aliphatic imine (C=N–C) groups is 1. The Morgan fingerprint density at radius 1 is 1.46 bits per heavy atom. The average molecular weight is 308 g/mol. The largest absolute Gasteiger partial charge is 0.369 e. The molecule has 1 heterocycles. The molecule has 0 N–H and O–H groups in total. The number of halogens is 2. The van der Waals surface area contributed by atoms with E-state index in [0.29, 0.717) is 15.0 Å². The molecule has 0 aromatic carbocycles. The molecule has 1 aromatic rings. The molecule has 0 radical (unpaired) electrons. The standard InChI is InChI=1S/C7H8Br2N4/c1-13(2)4-11-7-6(9)10-3-5(8)12-7/h3-4H,1-2H3/b11-4+. The Balaban J connectivity index is 2.93. The van der Waals surface area contributed by atoms with Gasteiger partial charge in [-0.1, -0.05) is 0 Å². The minimum Gasteiger partial charge on any atom is -0.369 e. The second kappa shape index (κ2) is 4.66. The second-order valence-electron chi connectivity index (χ2n) is 2.52. The van der Waals surface area contributed by atoms with Crippen molar-refractivity contribution in [2.24, 2.45) is 4.99 Å². The molecule has 6 heteroatoms. The van der Waals surface area contributed by atoms with Gasteiger partial charge in [0.1, 0.15) is 4.60 Å². The lowest BCUT2D eigenvalue weighted by Gasteiger charge is -2.02. The van der Waals surface area contributed by atoms with Crippen LogP contribution < -0.4 is 0 Å². The Morgan fingerprint density at radius 2 is 2.15 bits per heavy atom. The molecule has 0 unspecified atom stereocenters. The lowest BCUT2D eigenvalue weighted by Crippen LogP contribution is -2.07. The van der Waals surface area contributed by atoms with Gasteiger partial charge in [0.2, 0.25) is 0 Å². The normalized spacial score (nSPS) is 10.8. The van der Waals surface area contributed by atoms with E-state index in [4.69, 9.17) is 0 Å². The number of hydrogen-bond donors (Lipinski definition) is 0. The van der Waals surface area contributed by atoms with Crippen molar-refractivity contribution in [2.45, 2.75) is 0 Å². The van der Waals surface area contributed by atoms with Gasteiger partial charge in [-0.15, -0.1) is 0 Å². The highest BCUT2D eigenvalue weighted by atomic mass is 79.9. The number of aromatic nitrogens is 2. The van der Waals surface area contributed by atoms with Gasteiger partial charge in [0.25, 0.3) is 0 Å². The Hall–Kier alpha value is -0.490. The third-order valence-corrected chi connectivity index (χ3v) is 2.03. The summed E-state index contributed by atoms with van der Waals surface area (Å²) in [5, 5.41) is 0. The van der Waals surface area contributed by atoms with Crippen LogP contribution in [0, 0.1) is 0 Å². The smallest absolute Gasteiger partial charge is 0.188 e. The van der Waals surface area contributed by atoms with Crippen LogP contribution in [-0.2, 0) is 0 Å². The summed E-state index contributed by atoms with van der Waals surface area (Å²) in [6.45, 7) is 0. The van der Waals surface area contributed by atoms with Crippen molar-refractivity contribution < 1.29 is 0 Å². The molecule has 1 aromatic heterocycles. The van der Waals surface area contributed by atoms with Crippen molar-refractivity contribution in [3.8, 4) is 0 Å². The number of hydrogen-bond acceptors (Lipinski definition) is 3. The van der Waals surface area contributed by atoms with Gasteiger partial charge in [-0.3, -0.25) is 0 Å². The lowest BCUT2D eigenvalue weighted by molar-refractivity contribution is 0.643. The summed E-state index contributed by atoms with van der Waals surface area (Å²) in [4.78, 5) is 14.1. The quantitative estimate of drug-likeness (QED) is 0.621. The molecule has 0 saturated carbocycles. The van der Waals surface area contributed by atoms with Gasteiger partial charge < -0.3 is 4.90 Å². The highest BCUT2D eigenvalue weighted by Gasteiger charge is 2.00. The molecule has 0 spiro atoms. The van der Waals surface area contributed by atoms with Crippen LogP contribution in [0.5, 0.6) is 0 Å². The lowest BCUT2D eigenvalue weighted by atomic mass is 10.7. The molecular weight excluding hydrogens is 300 g/mol. The average Bonchev–Trinajstić information content (AvgIpc) is 2.06. The molecule has 70 valence electrons. The zero-order valence-electron chi connectivity index (χ0n) is 7.20. The molecule has 0 aliphatic carbocycles. The maximum absolute atomic E-state index is 4.13. The van der Waals surface area contributed by atoms with Gasteiger partial charge >= 0.3 is 0 Å². The fourth-order valence-corrected chi connectivity index (χ4v) is 1.16. The zero-order chi connectivity index (χ0) is 9.84. The minimum atomic E-state index is 0.558. The fourth-order valence-electron chi connectivity index (χ4n) is 0.596. The predicted octanol–water partition coefficient (Wildman–Crippen LogP) is 2.22. The van der Waals surface area contributed by atoms with E-state index in [1.807, 2.05) is 19.0 Å². The van der Waals surface area contributed by atoms with Gasteiger partial charge in [-0.25, -0.2) is 15.0 Å². The third kappa shape index (κ3) is 3.40. The van der Waals surface area contributed by atoms with Crippen molar-refractivity contribution in [3.63, 3.8) is 0 Å². The van der Waals surface area contributed by atoms with E-state index in [1.165, 1.54) is 0 Å². The van der Waals surface area contributed by atoms with Crippen LogP contribution in [0.1, 0.15) is 0 Å². The van der Waals surface area contributed by atoms with Crippen LogP contribution in [0.25, 0.3) is 0 Å². The van der Waals surface area contributed by atoms with Crippen molar-refractivity contribution in [2.75, 3.05) is 14.1 Å². The van der Waals surface area contributed by atoms with Gasteiger partial charge in [-0.05, 0) is 31.9 Å². The first-order valence-corrected chi connectivity index (χ1v) is 5.07. The van der Waals surface area contributed by atoms with Gasteiger partial charge in [-0.2, -0.15) is 0 Å². The van der Waals surface area contributed by atoms with E-state index in [2.05, 4.69) is 46.8 Å². The molecule has 0 bridgehead atoms. The molecule has 0 saturated heterocycles. The Labute approximate surface area is 93.4 Å². The highest BCUT2D eigenvalue weighted by Crippen LogP contribution is 2.21. The summed E-state index contributed by atoms with van der Waals surface area (Å²) in [5.41, 5.74) is 0. The third-order valence-electron chi connectivity index (χ3n) is 1.09. The van der Waals surface area contributed by atoms with E-state index in [1.54, 1.807) is 12.5 Å². The summed E-state index contributed by atoms with van der Waals surface area (Å²) in [6.07, 6.45) is 3.28. The van der Waals surface area contributed by atoms with Crippen LogP contribution in [0.2, 0.25) is 0 Å². The molecular formula is C7H8Br2N4. The zero-order valence-corrected chi connectivity index (χ0v) is 10.4. The molecule has 1 rings (SSSR count). The first kappa shape index (κ1) is 10.6. The SMILES string of the molecule is CN(C)/C=N/c1nc(Br)cnc1Br. The molecule has 0 aliphatic heterocycles. The van der Waals surface area contributed by atoms with Crippen molar-refractivity contribution in [3.05, 3.63) is 15.4 Å². The van der Waals surface area contributed by atoms with E-state index < -0.39 is 0 Å². The fraction of sp³-hybridized carbons (Fsp3) is 0.286. The minimum absolute atomic E-state index is 0.558. The van der Waals surface area contributed by atoms with Crippen LogP contribution in [0.15, 0.2) is 20.4 Å². The molecule has 0 amide bonds. The summed E-state index contributed by atoms with van der Waals surface area (Å²) in [7, 11) is 3.78. The van der Waals surface area contributed by atoms with Crippen LogP contribution in [0.3, 0.4) is 0 Å². The molecule has 4 nitrogen and oxygen atoms in total. The maximum atomic E-state index is 4.13. The second-order valence-corrected chi connectivity index (χ2v) is 4.08. The topological polar surface area (TPSA) is 41.4 Å². The van der Waals surface area contributed by atoms with Crippen molar-refractivity contribution in [1.82, 2.24) is 14.9 Å². The van der Waals surface area contributed by atoms with Crippen molar-refractivity contribution in [1.29, 1.82) is 0 Å². The molecule has 0 fully saturated rings. The van der Waals surface area contributed by atoms with Crippen LogP contribution >= 0.6 is 31.9 Å². The molecule has 0 atom stereocenters. The summed E-state index contributed by atoms with van der Waals surface area (Å²) in [6, 6.07) is 0. The first-order chi connectivity index (χ1) is 6.09. The van der Waals surface area contributed by atoms with Crippen LogP contribution in [-0.4, -0.2) is 35.3 Å². The van der Waals surface area contributed by atoms with Gasteiger partial charge in [0.15, 0.2) is 10.4 Å². The number of nitrogens with zero attached hydrogens (tertiary/aromatic N) is 4. The van der Waals surface area contributed by atoms with Gasteiger partial charge in [0.05, 0.1) is 12.5 Å². The first-order valence-electron chi connectivity index (χ1n) is 3.48.